The first-order valence-electron chi connectivity index (χ1n) is 6.66. The second-order valence-corrected chi connectivity index (χ2v) is 5.96. The number of aromatic nitrogens is 2. The van der Waals surface area contributed by atoms with Crippen LogP contribution in [-0.2, 0) is 13.1 Å². The number of carbonyl (C=O) groups excluding carboxylic acids is 2. The lowest BCUT2D eigenvalue weighted by molar-refractivity contribution is 0.0705. The second-order valence-electron chi connectivity index (χ2n) is 5.18. The lowest BCUT2D eigenvalue weighted by atomic mass is 10.2. The van der Waals surface area contributed by atoms with Crippen LogP contribution in [0.3, 0.4) is 0 Å². The molecule has 1 aliphatic heterocycles. The van der Waals surface area contributed by atoms with E-state index in [9.17, 15) is 9.59 Å². The molecule has 0 unspecified atom stereocenters. The van der Waals surface area contributed by atoms with Gasteiger partial charge in [-0.25, -0.2) is 0 Å². The lowest BCUT2D eigenvalue weighted by Crippen LogP contribution is -2.38. The van der Waals surface area contributed by atoms with Gasteiger partial charge in [-0.2, -0.15) is 16.4 Å². The summed E-state index contributed by atoms with van der Waals surface area (Å²) in [5.41, 5.74) is 2.05. The molecule has 0 aliphatic carbocycles. The predicted octanol–water partition coefficient (Wildman–Crippen LogP) is 1.30. The molecule has 1 aliphatic rings. The van der Waals surface area contributed by atoms with Crippen LogP contribution in [0.2, 0.25) is 0 Å². The van der Waals surface area contributed by atoms with Crippen molar-refractivity contribution in [1.29, 1.82) is 0 Å². The predicted molar refractivity (Wildman–Crippen MR) is 79.3 cm³/mol. The Morgan fingerprint density at radius 2 is 2.14 bits per heavy atom. The fourth-order valence-electron chi connectivity index (χ4n) is 2.34. The van der Waals surface area contributed by atoms with E-state index in [1.165, 1.54) is 16.2 Å². The summed E-state index contributed by atoms with van der Waals surface area (Å²) < 4.78 is 1.81. The molecule has 0 aromatic carbocycles. The minimum absolute atomic E-state index is 0.0317. The Kier molecular flexibility index (Phi) is 3.50. The zero-order valence-electron chi connectivity index (χ0n) is 11.9. The number of rotatable bonds is 2. The van der Waals surface area contributed by atoms with Gasteiger partial charge in [-0.3, -0.25) is 14.3 Å². The van der Waals surface area contributed by atoms with Crippen LogP contribution in [0.15, 0.2) is 22.9 Å². The van der Waals surface area contributed by atoms with Gasteiger partial charge in [0.25, 0.3) is 11.8 Å². The minimum atomic E-state index is -0.118. The summed E-state index contributed by atoms with van der Waals surface area (Å²) in [6, 6.07) is 3.61. The SMILES string of the molecule is CN(C)C(=O)c1cc2n(n1)CCN(C(=O)c1ccsc1)C2. The molecule has 110 valence electrons. The minimum Gasteiger partial charge on any atom is -0.343 e. The van der Waals surface area contributed by atoms with Gasteiger partial charge in [-0.15, -0.1) is 0 Å². The van der Waals surface area contributed by atoms with Crippen LogP contribution in [-0.4, -0.2) is 52.0 Å². The second kappa shape index (κ2) is 5.33. The zero-order valence-corrected chi connectivity index (χ0v) is 12.8. The highest BCUT2D eigenvalue weighted by Crippen LogP contribution is 2.18. The first-order valence-corrected chi connectivity index (χ1v) is 7.60. The van der Waals surface area contributed by atoms with Gasteiger partial charge in [-0.05, 0) is 17.5 Å². The summed E-state index contributed by atoms with van der Waals surface area (Å²) >= 11 is 1.51. The van der Waals surface area contributed by atoms with Gasteiger partial charge >= 0.3 is 0 Å². The fraction of sp³-hybridized carbons (Fsp3) is 0.357. The van der Waals surface area contributed by atoms with E-state index in [0.29, 0.717) is 25.3 Å². The van der Waals surface area contributed by atoms with E-state index in [1.807, 2.05) is 21.5 Å². The molecule has 0 spiro atoms. The third-order valence-electron chi connectivity index (χ3n) is 3.48. The monoisotopic (exact) mass is 304 g/mol. The Bertz CT molecular complexity index is 675. The molecule has 2 amide bonds. The van der Waals surface area contributed by atoms with E-state index in [1.54, 1.807) is 25.1 Å². The van der Waals surface area contributed by atoms with Gasteiger partial charge < -0.3 is 9.80 Å². The topological polar surface area (TPSA) is 58.4 Å². The number of fused-ring (bicyclic) bond motifs is 1. The molecular weight excluding hydrogens is 288 g/mol. The molecule has 0 N–H and O–H groups in total. The summed E-state index contributed by atoms with van der Waals surface area (Å²) in [7, 11) is 3.40. The third-order valence-corrected chi connectivity index (χ3v) is 4.16. The maximum atomic E-state index is 12.3. The molecule has 21 heavy (non-hydrogen) atoms. The van der Waals surface area contributed by atoms with E-state index in [4.69, 9.17) is 0 Å². The van der Waals surface area contributed by atoms with Crippen molar-refractivity contribution >= 4 is 23.2 Å². The molecule has 0 saturated carbocycles. The summed E-state index contributed by atoms with van der Waals surface area (Å²) in [4.78, 5) is 27.6. The Hall–Kier alpha value is -2.15. The van der Waals surface area contributed by atoms with E-state index >= 15 is 0 Å². The highest BCUT2D eigenvalue weighted by atomic mass is 32.1. The largest absolute Gasteiger partial charge is 0.343 e. The Balaban J connectivity index is 1.79. The molecule has 3 heterocycles. The van der Waals surface area contributed by atoms with Crippen LogP contribution in [0.1, 0.15) is 26.5 Å². The van der Waals surface area contributed by atoms with Crippen molar-refractivity contribution in [3.05, 3.63) is 39.8 Å². The normalized spacial score (nSPS) is 13.9. The maximum absolute atomic E-state index is 12.3. The first kappa shape index (κ1) is 13.8. The highest BCUT2D eigenvalue weighted by Gasteiger charge is 2.25. The van der Waals surface area contributed by atoms with Crippen molar-refractivity contribution in [1.82, 2.24) is 19.6 Å². The van der Waals surface area contributed by atoms with E-state index in [2.05, 4.69) is 5.10 Å². The molecule has 0 radical (unpaired) electrons. The summed E-state index contributed by atoms with van der Waals surface area (Å²) in [5.74, 6) is -0.0863. The van der Waals surface area contributed by atoms with Crippen molar-refractivity contribution in [3.8, 4) is 0 Å². The fourth-order valence-corrected chi connectivity index (χ4v) is 2.97. The number of thiophene rings is 1. The first-order chi connectivity index (χ1) is 10.1. The number of carbonyl (C=O) groups is 2. The van der Waals surface area contributed by atoms with E-state index in [0.717, 1.165) is 11.3 Å². The molecule has 7 heteroatoms. The molecule has 3 rings (SSSR count). The van der Waals surface area contributed by atoms with Crippen molar-refractivity contribution in [3.63, 3.8) is 0 Å². The van der Waals surface area contributed by atoms with Gasteiger partial charge in [0.05, 0.1) is 24.3 Å². The summed E-state index contributed by atoms with van der Waals surface area (Å²) in [6.07, 6.45) is 0. The average molecular weight is 304 g/mol. The van der Waals surface area contributed by atoms with Gasteiger partial charge in [0, 0.05) is 26.0 Å². The van der Waals surface area contributed by atoms with Gasteiger partial charge in [0.2, 0.25) is 0 Å². The molecule has 0 bridgehead atoms. The maximum Gasteiger partial charge on any atom is 0.273 e. The molecule has 6 nitrogen and oxygen atoms in total. The molecule has 2 aromatic heterocycles. The van der Waals surface area contributed by atoms with Crippen LogP contribution in [0.4, 0.5) is 0 Å². The molecule has 2 aromatic rings. The van der Waals surface area contributed by atoms with E-state index < -0.39 is 0 Å². The summed E-state index contributed by atoms with van der Waals surface area (Å²) in [6.45, 7) is 1.72. The van der Waals surface area contributed by atoms with Crippen LogP contribution < -0.4 is 0 Å². The number of nitrogens with zero attached hydrogens (tertiary/aromatic N) is 4. The third kappa shape index (κ3) is 2.56. The number of amides is 2. The van der Waals surface area contributed by atoms with Crippen LogP contribution in [0.25, 0.3) is 0 Å². The Morgan fingerprint density at radius 1 is 1.33 bits per heavy atom. The summed E-state index contributed by atoms with van der Waals surface area (Å²) in [5, 5.41) is 8.07. The van der Waals surface area contributed by atoms with Gasteiger partial charge in [0.1, 0.15) is 0 Å². The highest BCUT2D eigenvalue weighted by molar-refractivity contribution is 7.08. The Morgan fingerprint density at radius 3 is 2.81 bits per heavy atom. The molecular formula is C14H16N4O2S. The standard InChI is InChI=1S/C14H16N4O2S/c1-16(2)14(20)12-7-11-8-17(4-5-18(11)15-12)13(19)10-3-6-21-9-10/h3,6-7,9H,4-5,8H2,1-2H3. The van der Waals surface area contributed by atoms with E-state index in [-0.39, 0.29) is 11.8 Å². The van der Waals surface area contributed by atoms with Crippen molar-refractivity contribution in [2.45, 2.75) is 13.1 Å². The smallest absolute Gasteiger partial charge is 0.273 e. The van der Waals surface area contributed by atoms with Crippen LogP contribution in [0, 0.1) is 0 Å². The molecule has 0 atom stereocenters. The molecule has 0 fully saturated rings. The van der Waals surface area contributed by atoms with Crippen LogP contribution in [0.5, 0.6) is 0 Å². The van der Waals surface area contributed by atoms with Gasteiger partial charge in [0.15, 0.2) is 5.69 Å². The number of hydrogen-bond acceptors (Lipinski definition) is 4. The van der Waals surface area contributed by atoms with Gasteiger partial charge in [-0.1, -0.05) is 0 Å². The number of hydrogen-bond donors (Lipinski definition) is 0. The van der Waals surface area contributed by atoms with Crippen molar-refractivity contribution in [2.75, 3.05) is 20.6 Å². The quantitative estimate of drug-likeness (QED) is 0.840. The van der Waals surface area contributed by atoms with Crippen molar-refractivity contribution < 1.29 is 9.59 Å². The molecule has 0 saturated heterocycles. The lowest BCUT2D eigenvalue weighted by Gasteiger charge is -2.27. The van der Waals surface area contributed by atoms with Crippen LogP contribution >= 0.6 is 11.3 Å². The average Bonchev–Trinajstić information content (AvgIpc) is 3.13. The zero-order chi connectivity index (χ0) is 15.0. The van der Waals surface area contributed by atoms with Crippen molar-refractivity contribution in [2.24, 2.45) is 0 Å². The Labute approximate surface area is 126 Å².